The molecule has 16 heavy (non-hydrogen) atoms. The number of carbonyl (C=O) groups excluding carboxylic acids is 1. The van der Waals surface area contributed by atoms with Crippen LogP contribution in [-0.4, -0.2) is 28.1 Å². The summed E-state index contributed by atoms with van der Waals surface area (Å²) < 4.78 is 0.351. The summed E-state index contributed by atoms with van der Waals surface area (Å²) in [6, 6.07) is 1.69. The van der Waals surface area contributed by atoms with Crippen LogP contribution in [0.5, 0.6) is 0 Å². The maximum absolute atomic E-state index is 11.9. The van der Waals surface area contributed by atoms with Gasteiger partial charge in [-0.15, -0.1) is 11.3 Å². The number of rotatable bonds is 2. The van der Waals surface area contributed by atoms with Crippen LogP contribution < -0.4 is 4.90 Å². The van der Waals surface area contributed by atoms with E-state index in [0.29, 0.717) is 15.8 Å². The molecule has 0 bridgehead atoms. The fourth-order valence-electron chi connectivity index (χ4n) is 1.12. The van der Waals surface area contributed by atoms with Crippen molar-refractivity contribution in [3.63, 3.8) is 0 Å². The molecule has 0 aliphatic carbocycles. The number of hydrogen-bond acceptors (Lipinski definition) is 5. The van der Waals surface area contributed by atoms with Crippen LogP contribution in [-0.2, 0) is 0 Å². The minimum Gasteiger partial charge on any atom is -0.308 e. The van der Waals surface area contributed by atoms with E-state index in [1.165, 1.54) is 28.6 Å². The third-order valence-electron chi connectivity index (χ3n) is 1.96. The molecule has 0 aliphatic rings. The standard InChI is InChI=1S/C9H7ClN4OS/c1-14(6-2-3-11-12-4-6)8(15)7-5-16-9(10)13-7/h2-5H,1H3. The van der Waals surface area contributed by atoms with E-state index in [4.69, 9.17) is 11.6 Å². The number of carbonyl (C=O) groups is 1. The second kappa shape index (κ2) is 4.54. The van der Waals surface area contributed by atoms with E-state index in [1.807, 2.05) is 0 Å². The Morgan fingerprint density at radius 1 is 1.50 bits per heavy atom. The molecule has 0 aliphatic heterocycles. The van der Waals surface area contributed by atoms with Crippen molar-refractivity contribution < 1.29 is 4.79 Å². The fraction of sp³-hybridized carbons (Fsp3) is 0.111. The first-order chi connectivity index (χ1) is 7.68. The number of aromatic nitrogens is 3. The lowest BCUT2D eigenvalue weighted by Crippen LogP contribution is -2.26. The van der Waals surface area contributed by atoms with Crippen LogP contribution in [0, 0.1) is 0 Å². The Morgan fingerprint density at radius 2 is 2.31 bits per heavy atom. The van der Waals surface area contributed by atoms with Gasteiger partial charge in [-0.2, -0.15) is 10.2 Å². The van der Waals surface area contributed by atoms with E-state index in [-0.39, 0.29) is 5.91 Å². The summed E-state index contributed by atoms with van der Waals surface area (Å²) in [5.74, 6) is -0.226. The summed E-state index contributed by atoms with van der Waals surface area (Å²) in [6.07, 6.45) is 3.03. The summed E-state index contributed by atoms with van der Waals surface area (Å²) in [5.41, 5.74) is 0.985. The van der Waals surface area contributed by atoms with Crippen LogP contribution in [0.1, 0.15) is 10.5 Å². The van der Waals surface area contributed by atoms with Gasteiger partial charge in [0, 0.05) is 12.4 Å². The topological polar surface area (TPSA) is 59.0 Å². The van der Waals surface area contributed by atoms with Gasteiger partial charge in [-0.1, -0.05) is 11.6 Å². The van der Waals surface area contributed by atoms with Crippen LogP contribution in [0.15, 0.2) is 23.8 Å². The predicted molar refractivity (Wildman–Crippen MR) is 61.9 cm³/mol. The monoisotopic (exact) mass is 254 g/mol. The molecule has 2 rings (SSSR count). The molecule has 0 atom stereocenters. The highest BCUT2D eigenvalue weighted by molar-refractivity contribution is 7.14. The largest absolute Gasteiger partial charge is 0.308 e. The first-order valence-corrected chi connectivity index (χ1v) is 5.60. The summed E-state index contributed by atoms with van der Waals surface area (Å²) in [7, 11) is 1.65. The Hall–Kier alpha value is -1.53. The van der Waals surface area contributed by atoms with Gasteiger partial charge in [-0.05, 0) is 6.07 Å². The summed E-state index contributed by atoms with van der Waals surface area (Å²) in [4.78, 5) is 17.3. The van der Waals surface area contributed by atoms with Crippen LogP contribution >= 0.6 is 22.9 Å². The molecule has 2 heterocycles. The van der Waals surface area contributed by atoms with Crippen molar-refractivity contribution in [2.45, 2.75) is 0 Å². The number of amides is 1. The molecule has 0 saturated carbocycles. The van der Waals surface area contributed by atoms with Gasteiger partial charge in [-0.3, -0.25) is 4.79 Å². The number of halogens is 1. The second-order valence-corrected chi connectivity index (χ2v) is 4.39. The second-order valence-electron chi connectivity index (χ2n) is 2.95. The van der Waals surface area contributed by atoms with Gasteiger partial charge in [0.25, 0.3) is 5.91 Å². The van der Waals surface area contributed by atoms with Crippen molar-refractivity contribution >= 4 is 34.5 Å². The lowest BCUT2D eigenvalue weighted by atomic mass is 10.3. The van der Waals surface area contributed by atoms with E-state index in [9.17, 15) is 4.79 Å². The minimum atomic E-state index is -0.226. The zero-order chi connectivity index (χ0) is 11.5. The summed E-state index contributed by atoms with van der Waals surface area (Å²) in [5, 5.41) is 8.96. The first kappa shape index (κ1) is 11.0. The van der Waals surface area contributed by atoms with E-state index in [1.54, 1.807) is 18.5 Å². The van der Waals surface area contributed by atoms with Gasteiger partial charge < -0.3 is 4.90 Å². The average Bonchev–Trinajstić information content (AvgIpc) is 2.75. The molecule has 2 aromatic heterocycles. The maximum atomic E-state index is 11.9. The Kier molecular flexibility index (Phi) is 3.12. The van der Waals surface area contributed by atoms with Crippen LogP contribution in [0.4, 0.5) is 5.69 Å². The van der Waals surface area contributed by atoms with Crippen LogP contribution in [0.25, 0.3) is 0 Å². The third-order valence-corrected chi connectivity index (χ3v) is 2.93. The van der Waals surface area contributed by atoms with Gasteiger partial charge in [0.2, 0.25) is 0 Å². The minimum absolute atomic E-state index is 0.226. The number of nitrogens with zero attached hydrogens (tertiary/aromatic N) is 4. The van der Waals surface area contributed by atoms with E-state index in [0.717, 1.165) is 0 Å². The molecule has 1 amide bonds. The van der Waals surface area contributed by atoms with Crippen molar-refractivity contribution in [3.05, 3.63) is 34.0 Å². The highest BCUT2D eigenvalue weighted by Gasteiger charge is 2.16. The van der Waals surface area contributed by atoms with Crippen molar-refractivity contribution in [1.82, 2.24) is 15.2 Å². The van der Waals surface area contributed by atoms with Gasteiger partial charge >= 0.3 is 0 Å². The lowest BCUT2D eigenvalue weighted by Gasteiger charge is -2.14. The molecule has 0 radical (unpaired) electrons. The number of thiazole rings is 1. The molecule has 82 valence electrons. The van der Waals surface area contributed by atoms with Gasteiger partial charge in [0.1, 0.15) is 5.69 Å². The Labute approximate surface area is 101 Å². The molecule has 0 spiro atoms. The van der Waals surface area contributed by atoms with E-state index in [2.05, 4.69) is 15.2 Å². The highest BCUT2D eigenvalue weighted by Crippen LogP contribution is 2.18. The molecule has 7 heteroatoms. The molecule has 0 N–H and O–H groups in total. The average molecular weight is 255 g/mol. The quantitative estimate of drug-likeness (QED) is 0.821. The summed E-state index contributed by atoms with van der Waals surface area (Å²) in [6.45, 7) is 0. The van der Waals surface area contributed by atoms with E-state index < -0.39 is 0 Å². The molecule has 0 saturated heterocycles. The Morgan fingerprint density at radius 3 is 2.88 bits per heavy atom. The third kappa shape index (κ3) is 2.17. The van der Waals surface area contributed by atoms with Crippen LogP contribution in [0.3, 0.4) is 0 Å². The van der Waals surface area contributed by atoms with E-state index >= 15 is 0 Å². The van der Waals surface area contributed by atoms with Crippen molar-refractivity contribution in [2.24, 2.45) is 0 Å². The Bertz CT molecular complexity index is 501. The predicted octanol–water partition coefficient (Wildman–Crippen LogP) is 1.86. The fourth-order valence-corrected chi connectivity index (χ4v) is 1.86. The Balaban J connectivity index is 2.23. The lowest BCUT2D eigenvalue weighted by molar-refractivity contribution is 0.0989. The maximum Gasteiger partial charge on any atom is 0.277 e. The van der Waals surface area contributed by atoms with Crippen LogP contribution in [0.2, 0.25) is 4.47 Å². The molecule has 5 nitrogen and oxygen atoms in total. The molecule has 0 unspecified atom stereocenters. The SMILES string of the molecule is CN(C(=O)c1csc(Cl)n1)c1ccnnc1. The number of anilines is 1. The van der Waals surface area contributed by atoms with Gasteiger partial charge in [0.15, 0.2) is 4.47 Å². The smallest absolute Gasteiger partial charge is 0.277 e. The first-order valence-electron chi connectivity index (χ1n) is 4.34. The highest BCUT2D eigenvalue weighted by atomic mass is 35.5. The number of hydrogen-bond donors (Lipinski definition) is 0. The molecular weight excluding hydrogens is 248 g/mol. The van der Waals surface area contributed by atoms with Crippen molar-refractivity contribution in [3.8, 4) is 0 Å². The molecule has 0 fully saturated rings. The molecule has 0 aromatic carbocycles. The van der Waals surface area contributed by atoms with Gasteiger partial charge in [0.05, 0.1) is 18.1 Å². The van der Waals surface area contributed by atoms with Gasteiger partial charge in [-0.25, -0.2) is 4.98 Å². The zero-order valence-electron chi connectivity index (χ0n) is 8.29. The summed E-state index contributed by atoms with van der Waals surface area (Å²) >= 11 is 6.89. The normalized spacial score (nSPS) is 10.1. The zero-order valence-corrected chi connectivity index (χ0v) is 9.87. The molecule has 2 aromatic rings. The van der Waals surface area contributed by atoms with Crippen molar-refractivity contribution in [2.75, 3.05) is 11.9 Å². The van der Waals surface area contributed by atoms with Crippen molar-refractivity contribution in [1.29, 1.82) is 0 Å². The molecular formula is C9H7ClN4OS.